The summed E-state index contributed by atoms with van der Waals surface area (Å²) in [6.45, 7) is 1.72. The van der Waals surface area contributed by atoms with Gasteiger partial charge in [-0.3, -0.25) is 4.79 Å². The van der Waals surface area contributed by atoms with Crippen molar-refractivity contribution in [1.82, 2.24) is 0 Å². The van der Waals surface area contributed by atoms with E-state index in [4.69, 9.17) is 4.42 Å². The highest BCUT2D eigenvalue weighted by molar-refractivity contribution is 6.09. The number of hydrogen-bond donors (Lipinski definition) is 0. The van der Waals surface area contributed by atoms with Crippen LogP contribution in [0, 0.1) is 0 Å². The molecule has 0 aliphatic carbocycles. The van der Waals surface area contributed by atoms with Crippen LogP contribution in [-0.4, -0.2) is 5.78 Å². The first-order valence-corrected chi connectivity index (χ1v) is 7.43. The molecule has 0 bridgehead atoms. The van der Waals surface area contributed by atoms with E-state index in [1.54, 1.807) is 25.1 Å². The highest BCUT2D eigenvalue weighted by atomic mass is 16.4. The zero-order valence-corrected chi connectivity index (χ0v) is 12.8. The second-order valence-corrected chi connectivity index (χ2v) is 5.39. The smallest absolute Gasteiger partial charge is 0.347 e. The van der Waals surface area contributed by atoms with Crippen LogP contribution in [0.5, 0.6) is 0 Å². The van der Waals surface area contributed by atoms with Crippen molar-refractivity contribution in [3.05, 3.63) is 93.9 Å². The van der Waals surface area contributed by atoms with Crippen LogP contribution in [0.3, 0.4) is 0 Å². The molecule has 1 aromatic heterocycles. The van der Waals surface area contributed by atoms with Crippen LogP contribution in [0.15, 0.2) is 81.5 Å². The Morgan fingerprint density at radius 3 is 2.52 bits per heavy atom. The van der Waals surface area contributed by atoms with Crippen LogP contribution < -0.4 is 5.63 Å². The van der Waals surface area contributed by atoms with Gasteiger partial charge in [0, 0.05) is 5.39 Å². The second-order valence-electron chi connectivity index (χ2n) is 5.39. The topological polar surface area (TPSA) is 47.3 Å². The van der Waals surface area contributed by atoms with Gasteiger partial charge < -0.3 is 4.42 Å². The first-order chi connectivity index (χ1) is 11.1. The molecule has 0 radical (unpaired) electrons. The molecule has 0 spiro atoms. The Hall–Kier alpha value is -2.94. The molecule has 0 saturated heterocycles. The molecule has 0 atom stereocenters. The lowest BCUT2D eigenvalue weighted by Gasteiger charge is -2.03. The lowest BCUT2D eigenvalue weighted by molar-refractivity contribution is 0.103. The Kier molecular flexibility index (Phi) is 4.20. The van der Waals surface area contributed by atoms with Crippen molar-refractivity contribution in [2.75, 3.05) is 0 Å². The van der Waals surface area contributed by atoms with E-state index in [0.29, 0.717) is 17.6 Å². The number of allylic oxidation sites excluding steroid dienone is 2. The largest absolute Gasteiger partial charge is 0.422 e. The molecule has 0 aliphatic heterocycles. The van der Waals surface area contributed by atoms with Crippen LogP contribution >= 0.6 is 0 Å². The van der Waals surface area contributed by atoms with E-state index in [9.17, 15) is 9.59 Å². The summed E-state index contributed by atoms with van der Waals surface area (Å²) in [5, 5.41) is 0.742. The minimum absolute atomic E-state index is 0.0745. The standard InChI is InChI=1S/C20H16O3/c1-14(11-12-15-7-3-2-4-8-15)19(21)17-13-16-9-5-6-10-18(16)23-20(17)22/h2-11,13H,12H2,1H3/b14-11+. The Bertz CT molecular complexity index is 934. The number of carbonyl (C=O) groups excluding carboxylic acids is 1. The van der Waals surface area contributed by atoms with Gasteiger partial charge in [0.1, 0.15) is 11.1 Å². The maximum absolute atomic E-state index is 12.5. The number of carbonyl (C=O) groups is 1. The Labute approximate surface area is 133 Å². The van der Waals surface area contributed by atoms with Crippen molar-refractivity contribution in [3.8, 4) is 0 Å². The van der Waals surface area contributed by atoms with E-state index < -0.39 is 5.63 Å². The molecule has 23 heavy (non-hydrogen) atoms. The summed E-state index contributed by atoms with van der Waals surface area (Å²) >= 11 is 0. The van der Waals surface area contributed by atoms with Crippen molar-refractivity contribution < 1.29 is 9.21 Å². The first-order valence-electron chi connectivity index (χ1n) is 7.43. The summed E-state index contributed by atoms with van der Waals surface area (Å²) in [6.07, 6.45) is 2.49. The SMILES string of the molecule is C/C(=C\Cc1ccccc1)C(=O)c1cc2ccccc2oc1=O. The number of rotatable bonds is 4. The van der Waals surface area contributed by atoms with Gasteiger partial charge in [0.25, 0.3) is 0 Å². The monoisotopic (exact) mass is 304 g/mol. The van der Waals surface area contributed by atoms with Gasteiger partial charge in [-0.25, -0.2) is 4.79 Å². The van der Waals surface area contributed by atoms with Crippen LogP contribution in [0.1, 0.15) is 22.8 Å². The first kappa shape index (κ1) is 15.0. The molecule has 0 N–H and O–H groups in total. The maximum atomic E-state index is 12.5. The van der Waals surface area contributed by atoms with Crippen LogP contribution in [-0.2, 0) is 6.42 Å². The fourth-order valence-electron chi connectivity index (χ4n) is 2.41. The summed E-state index contributed by atoms with van der Waals surface area (Å²) in [7, 11) is 0. The van der Waals surface area contributed by atoms with Gasteiger partial charge in [-0.1, -0.05) is 54.6 Å². The summed E-state index contributed by atoms with van der Waals surface area (Å²) in [5.41, 5.74) is 1.62. The van der Waals surface area contributed by atoms with Crippen molar-refractivity contribution in [2.24, 2.45) is 0 Å². The molecule has 114 valence electrons. The van der Waals surface area contributed by atoms with Crippen molar-refractivity contribution in [2.45, 2.75) is 13.3 Å². The molecule has 0 unspecified atom stereocenters. The highest BCUT2D eigenvalue weighted by Crippen LogP contribution is 2.15. The normalized spacial score (nSPS) is 11.6. The van der Waals surface area contributed by atoms with Crippen LogP contribution in [0.2, 0.25) is 0 Å². The maximum Gasteiger partial charge on any atom is 0.347 e. The van der Waals surface area contributed by atoms with Gasteiger partial charge in [0.2, 0.25) is 0 Å². The highest BCUT2D eigenvalue weighted by Gasteiger charge is 2.15. The predicted molar refractivity (Wildman–Crippen MR) is 90.7 cm³/mol. The second kappa shape index (κ2) is 6.44. The Morgan fingerprint density at radius 2 is 1.74 bits per heavy atom. The molecular weight excluding hydrogens is 288 g/mol. The zero-order chi connectivity index (χ0) is 16.2. The average Bonchev–Trinajstić information content (AvgIpc) is 2.59. The van der Waals surface area contributed by atoms with Gasteiger partial charge >= 0.3 is 5.63 Å². The molecule has 0 saturated carbocycles. The van der Waals surface area contributed by atoms with Gasteiger partial charge in [-0.15, -0.1) is 0 Å². The van der Waals surface area contributed by atoms with E-state index >= 15 is 0 Å². The van der Waals surface area contributed by atoms with E-state index in [0.717, 1.165) is 10.9 Å². The fourth-order valence-corrected chi connectivity index (χ4v) is 2.41. The molecule has 3 rings (SSSR count). The third-order valence-corrected chi connectivity index (χ3v) is 3.73. The molecule has 0 fully saturated rings. The van der Waals surface area contributed by atoms with Crippen molar-refractivity contribution in [3.63, 3.8) is 0 Å². The van der Waals surface area contributed by atoms with Crippen LogP contribution in [0.25, 0.3) is 11.0 Å². The number of para-hydroxylation sites is 1. The lowest BCUT2D eigenvalue weighted by Crippen LogP contribution is -2.14. The van der Waals surface area contributed by atoms with Gasteiger partial charge in [0.05, 0.1) is 0 Å². The molecule has 1 heterocycles. The van der Waals surface area contributed by atoms with Crippen molar-refractivity contribution in [1.29, 1.82) is 0 Å². The summed E-state index contributed by atoms with van der Waals surface area (Å²) in [6, 6.07) is 18.6. The molecule has 2 aromatic carbocycles. The minimum Gasteiger partial charge on any atom is -0.422 e. The number of benzene rings is 2. The van der Waals surface area contributed by atoms with E-state index in [-0.39, 0.29) is 11.3 Å². The van der Waals surface area contributed by atoms with Crippen molar-refractivity contribution >= 4 is 16.8 Å². The van der Waals surface area contributed by atoms with Gasteiger partial charge in [-0.2, -0.15) is 0 Å². The summed E-state index contributed by atoms with van der Waals surface area (Å²) in [4.78, 5) is 24.5. The number of fused-ring (bicyclic) bond motifs is 1. The van der Waals surface area contributed by atoms with Gasteiger partial charge in [0.15, 0.2) is 5.78 Å². The Morgan fingerprint density at radius 1 is 1.04 bits per heavy atom. The lowest BCUT2D eigenvalue weighted by atomic mass is 10.0. The van der Waals surface area contributed by atoms with Gasteiger partial charge in [-0.05, 0) is 36.6 Å². The third-order valence-electron chi connectivity index (χ3n) is 3.73. The number of ketones is 1. The number of Topliss-reactive ketones (excluding diaryl/α,β-unsaturated/α-hetero) is 1. The van der Waals surface area contributed by atoms with E-state index in [1.807, 2.05) is 48.5 Å². The predicted octanol–water partition coefficient (Wildman–Crippen LogP) is 4.16. The summed E-state index contributed by atoms with van der Waals surface area (Å²) in [5.74, 6) is -0.291. The molecule has 0 amide bonds. The van der Waals surface area contributed by atoms with Crippen LogP contribution in [0.4, 0.5) is 0 Å². The third kappa shape index (κ3) is 3.29. The molecule has 0 aliphatic rings. The zero-order valence-electron chi connectivity index (χ0n) is 12.8. The number of hydrogen-bond acceptors (Lipinski definition) is 3. The Balaban J connectivity index is 1.90. The van der Waals surface area contributed by atoms with E-state index in [1.165, 1.54) is 0 Å². The molecule has 3 nitrogen and oxygen atoms in total. The fraction of sp³-hybridized carbons (Fsp3) is 0.100. The minimum atomic E-state index is -0.596. The quantitative estimate of drug-likeness (QED) is 0.413. The summed E-state index contributed by atoms with van der Waals surface area (Å²) < 4.78 is 5.22. The molecule has 3 aromatic rings. The average molecular weight is 304 g/mol. The van der Waals surface area contributed by atoms with E-state index in [2.05, 4.69) is 0 Å². The molecular formula is C20H16O3. The molecule has 3 heteroatoms.